The first kappa shape index (κ1) is 29.5. The second-order valence-corrected chi connectivity index (χ2v) is 10.9. The Morgan fingerprint density at radius 3 is 2.29 bits per heavy atom. The zero-order valence-corrected chi connectivity index (χ0v) is 24.8. The highest BCUT2D eigenvalue weighted by atomic mass is 35.5. The molecular weight excluding hydrogens is 571 g/mol. The number of halogens is 2. The fourth-order valence-corrected chi connectivity index (χ4v) is 5.86. The molecule has 1 aliphatic rings. The average Bonchev–Trinajstić information content (AvgIpc) is 3.40. The molecule has 6 rings (SSSR count). The number of imidazole rings is 1. The third kappa shape index (κ3) is 6.10. The highest BCUT2D eigenvalue weighted by molar-refractivity contribution is 6.30. The number of benzene rings is 4. The van der Waals surface area contributed by atoms with Crippen molar-refractivity contribution in [3.8, 4) is 34.0 Å². The van der Waals surface area contributed by atoms with Gasteiger partial charge < -0.3 is 19.1 Å². The molecule has 1 N–H and O–H groups in total. The van der Waals surface area contributed by atoms with E-state index in [1.807, 2.05) is 72.8 Å². The maximum Gasteiger partial charge on any atom is 0.335 e. The molecule has 0 spiro atoms. The molecule has 1 heterocycles. The molecule has 0 amide bonds. The molecule has 0 atom stereocenters. The molecule has 0 radical (unpaired) electrons. The lowest BCUT2D eigenvalue weighted by Crippen LogP contribution is -2.14. The van der Waals surface area contributed by atoms with Crippen molar-refractivity contribution in [1.29, 1.82) is 0 Å². The molecule has 1 aromatic heterocycles. The highest BCUT2D eigenvalue weighted by Gasteiger charge is 2.23. The maximum atomic E-state index is 11.6. The first-order valence-electron chi connectivity index (χ1n) is 13.9. The standard InChI is InChI=1S/C34H31ClN2O4.ClH/c1-40-29-16-17-30(22-7-12-26(35)13-8-22)25(19-29)21-41-28-14-9-23(10-15-28)33-36-31-20-24(34(38)39)11-18-32(31)37(33)27-5-3-2-4-6-27;/h7-20,27H,2-6,21H2,1H3,(H,38,39);1H. The highest BCUT2D eigenvalue weighted by Crippen LogP contribution is 2.37. The van der Waals surface area contributed by atoms with Gasteiger partial charge in [0.15, 0.2) is 0 Å². The van der Waals surface area contributed by atoms with E-state index in [9.17, 15) is 9.90 Å². The lowest BCUT2D eigenvalue weighted by molar-refractivity contribution is 0.0697. The molecule has 1 fully saturated rings. The third-order valence-corrected chi connectivity index (χ3v) is 8.10. The lowest BCUT2D eigenvalue weighted by atomic mass is 9.95. The molecule has 4 aromatic carbocycles. The number of hydrogen-bond donors (Lipinski definition) is 1. The predicted molar refractivity (Wildman–Crippen MR) is 169 cm³/mol. The second-order valence-electron chi connectivity index (χ2n) is 10.4. The Bertz CT molecular complexity index is 1690. The van der Waals surface area contributed by atoms with Gasteiger partial charge in [0, 0.05) is 22.2 Å². The summed E-state index contributed by atoms with van der Waals surface area (Å²) in [4.78, 5) is 16.5. The first-order valence-corrected chi connectivity index (χ1v) is 14.3. The van der Waals surface area contributed by atoms with Crippen LogP contribution >= 0.6 is 24.0 Å². The second kappa shape index (κ2) is 12.9. The minimum absolute atomic E-state index is 0. The lowest BCUT2D eigenvalue weighted by Gasteiger charge is -2.25. The summed E-state index contributed by atoms with van der Waals surface area (Å²) in [5.41, 5.74) is 6.02. The Kier molecular flexibility index (Phi) is 9.05. The Labute approximate surface area is 256 Å². The number of aromatic carboxylic acids is 1. The van der Waals surface area contributed by atoms with Crippen molar-refractivity contribution in [2.45, 2.75) is 44.8 Å². The number of nitrogens with zero attached hydrogens (tertiary/aromatic N) is 2. The smallest absolute Gasteiger partial charge is 0.335 e. The molecule has 42 heavy (non-hydrogen) atoms. The summed E-state index contributed by atoms with van der Waals surface area (Å²) in [6.07, 6.45) is 5.81. The van der Waals surface area contributed by atoms with Crippen molar-refractivity contribution >= 4 is 41.0 Å². The number of rotatable bonds is 8. The zero-order chi connectivity index (χ0) is 28.3. The van der Waals surface area contributed by atoms with Gasteiger partial charge in [0.1, 0.15) is 23.9 Å². The van der Waals surface area contributed by atoms with Crippen LogP contribution in [0.5, 0.6) is 11.5 Å². The zero-order valence-electron chi connectivity index (χ0n) is 23.3. The fraction of sp³-hybridized carbons (Fsp3) is 0.235. The van der Waals surface area contributed by atoms with Crippen LogP contribution in [0.1, 0.15) is 54.1 Å². The number of carbonyl (C=O) groups is 1. The number of carboxylic acids is 1. The van der Waals surface area contributed by atoms with Crippen LogP contribution in [0.2, 0.25) is 5.02 Å². The van der Waals surface area contributed by atoms with Crippen LogP contribution in [-0.2, 0) is 6.61 Å². The van der Waals surface area contributed by atoms with E-state index in [1.54, 1.807) is 19.2 Å². The van der Waals surface area contributed by atoms with E-state index in [2.05, 4.69) is 4.57 Å². The van der Waals surface area contributed by atoms with E-state index >= 15 is 0 Å². The molecule has 5 aromatic rings. The monoisotopic (exact) mass is 602 g/mol. The van der Waals surface area contributed by atoms with Crippen LogP contribution < -0.4 is 9.47 Å². The van der Waals surface area contributed by atoms with Crippen molar-refractivity contribution < 1.29 is 19.4 Å². The summed E-state index contributed by atoms with van der Waals surface area (Å²) in [5.74, 6) is 1.42. The van der Waals surface area contributed by atoms with Gasteiger partial charge in [0.05, 0.1) is 23.7 Å². The van der Waals surface area contributed by atoms with Crippen molar-refractivity contribution in [2.75, 3.05) is 7.11 Å². The van der Waals surface area contributed by atoms with Crippen LogP contribution in [0, 0.1) is 0 Å². The Hall–Kier alpha value is -4.00. The molecule has 6 nitrogen and oxygen atoms in total. The molecular formula is C34H32Cl2N2O4. The Morgan fingerprint density at radius 2 is 1.60 bits per heavy atom. The quantitative estimate of drug-likeness (QED) is 0.191. The van der Waals surface area contributed by atoms with E-state index in [4.69, 9.17) is 26.1 Å². The van der Waals surface area contributed by atoms with Gasteiger partial charge in [-0.25, -0.2) is 9.78 Å². The van der Waals surface area contributed by atoms with Crippen LogP contribution in [0.15, 0.2) is 84.9 Å². The third-order valence-electron chi connectivity index (χ3n) is 7.85. The summed E-state index contributed by atoms with van der Waals surface area (Å²) in [6, 6.07) is 27.3. The summed E-state index contributed by atoms with van der Waals surface area (Å²) in [7, 11) is 1.66. The van der Waals surface area contributed by atoms with Gasteiger partial charge in [-0.15, -0.1) is 12.4 Å². The SMILES string of the molecule is COc1ccc(-c2ccc(Cl)cc2)c(COc2ccc(-c3nc4cc(C(=O)O)ccc4n3C3CCCCC3)cc2)c1.Cl. The average molecular weight is 604 g/mol. The van der Waals surface area contributed by atoms with Gasteiger partial charge in [-0.05, 0) is 90.7 Å². The van der Waals surface area contributed by atoms with E-state index in [-0.39, 0.29) is 18.0 Å². The van der Waals surface area contributed by atoms with Crippen LogP contribution in [0.25, 0.3) is 33.5 Å². The topological polar surface area (TPSA) is 73.6 Å². The van der Waals surface area contributed by atoms with Gasteiger partial charge in [-0.3, -0.25) is 0 Å². The molecule has 8 heteroatoms. The summed E-state index contributed by atoms with van der Waals surface area (Å²) >= 11 is 6.11. The number of hydrogen-bond acceptors (Lipinski definition) is 4. The molecule has 0 aliphatic heterocycles. The van der Waals surface area contributed by atoms with Gasteiger partial charge in [-0.1, -0.05) is 49.1 Å². The van der Waals surface area contributed by atoms with Gasteiger partial charge in [0.2, 0.25) is 0 Å². The number of aromatic nitrogens is 2. The van der Waals surface area contributed by atoms with Crippen molar-refractivity contribution in [3.63, 3.8) is 0 Å². The maximum absolute atomic E-state index is 11.6. The van der Waals surface area contributed by atoms with Crippen molar-refractivity contribution in [2.24, 2.45) is 0 Å². The number of carboxylic acid groups (broad SMARTS) is 1. The van der Waals surface area contributed by atoms with Crippen LogP contribution in [0.4, 0.5) is 0 Å². The largest absolute Gasteiger partial charge is 0.497 e. The summed E-state index contributed by atoms with van der Waals surface area (Å²) < 4.78 is 14.0. The normalized spacial score (nSPS) is 13.5. The minimum atomic E-state index is -0.947. The van der Waals surface area contributed by atoms with Gasteiger partial charge in [-0.2, -0.15) is 0 Å². The Balaban J connectivity index is 0.00000353. The van der Waals surface area contributed by atoms with E-state index < -0.39 is 5.97 Å². The summed E-state index contributed by atoms with van der Waals surface area (Å²) in [6.45, 7) is 0.368. The molecule has 1 aliphatic carbocycles. The number of methoxy groups -OCH3 is 1. The van der Waals surface area contributed by atoms with Crippen LogP contribution in [0.3, 0.4) is 0 Å². The van der Waals surface area contributed by atoms with Gasteiger partial charge in [0.25, 0.3) is 0 Å². The predicted octanol–water partition coefficient (Wildman–Crippen LogP) is 9.24. The minimum Gasteiger partial charge on any atom is -0.497 e. The summed E-state index contributed by atoms with van der Waals surface area (Å²) in [5, 5.41) is 10.2. The molecule has 0 saturated heterocycles. The molecule has 0 unspecified atom stereocenters. The number of fused-ring (bicyclic) bond motifs is 1. The molecule has 216 valence electrons. The van der Waals surface area contributed by atoms with E-state index in [1.165, 1.54) is 19.3 Å². The van der Waals surface area contributed by atoms with Crippen molar-refractivity contribution in [1.82, 2.24) is 9.55 Å². The Morgan fingerprint density at radius 1 is 0.905 bits per heavy atom. The number of ether oxygens (including phenoxy) is 2. The molecule has 1 saturated carbocycles. The van der Waals surface area contributed by atoms with Crippen LogP contribution in [-0.4, -0.2) is 27.7 Å². The first-order chi connectivity index (χ1) is 20.0. The van der Waals surface area contributed by atoms with Gasteiger partial charge >= 0.3 is 5.97 Å². The van der Waals surface area contributed by atoms with E-state index in [0.717, 1.165) is 57.9 Å². The van der Waals surface area contributed by atoms with Crippen molar-refractivity contribution in [3.05, 3.63) is 101 Å². The molecule has 0 bridgehead atoms. The van der Waals surface area contributed by atoms with E-state index in [0.29, 0.717) is 23.2 Å². The fourth-order valence-electron chi connectivity index (χ4n) is 5.73.